The molecule has 1 aromatic carbocycles. The second kappa shape index (κ2) is 9.28. The van der Waals surface area contributed by atoms with Crippen LogP contribution in [-0.4, -0.2) is 22.8 Å². The van der Waals surface area contributed by atoms with Gasteiger partial charge in [-0.25, -0.2) is 0 Å². The Morgan fingerprint density at radius 3 is 2.37 bits per heavy atom. The summed E-state index contributed by atoms with van der Waals surface area (Å²) in [5, 5.41) is 5.90. The molecular formula is C21H26N4O2. The standard InChI is InChI=1S/C21H26N4O2/c22-19(14-20(26)24-17-4-2-1-3-5-17)15-6-8-16(9-7-15)21(27)25-18-10-12-23-13-11-18/h6-13,17,19H,1-5,14,22H2,(H,24,26)(H,23,25,27). The lowest BCUT2D eigenvalue weighted by Gasteiger charge is -2.23. The van der Waals surface area contributed by atoms with Crippen molar-refractivity contribution in [3.63, 3.8) is 0 Å². The highest BCUT2D eigenvalue weighted by molar-refractivity contribution is 6.04. The lowest BCUT2D eigenvalue weighted by molar-refractivity contribution is -0.122. The van der Waals surface area contributed by atoms with Crippen LogP contribution in [0.5, 0.6) is 0 Å². The summed E-state index contributed by atoms with van der Waals surface area (Å²) >= 11 is 0. The van der Waals surface area contributed by atoms with E-state index in [9.17, 15) is 9.59 Å². The van der Waals surface area contributed by atoms with Crippen molar-refractivity contribution in [2.75, 3.05) is 5.32 Å². The number of hydrogen-bond donors (Lipinski definition) is 3. The number of amides is 2. The number of nitrogens with zero attached hydrogens (tertiary/aromatic N) is 1. The molecule has 0 radical (unpaired) electrons. The Labute approximate surface area is 159 Å². The third kappa shape index (κ3) is 5.62. The van der Waals surface area contributed by atoms with Crippen LogP contribution in [-0.2, 0) is 4.79 Å². The summed E-state index contributed by atoms with van der Waals surface area (Å²) in [7, 11) is 0. The van der Waals surface area contributed by atoms with Gasteiger partial charge in [0, 0.05) is 42.1 Å². The highest BCUT2D eigenvalue weighted by Crippen LogP contribution is 2.19. The number of nitrogens with two attached hydrogens (primary N) is 1. The van der Waals surface area contributed by atoms with Crippen LogP contribution in [0.2, 0.25) is 0 Å². The van der Waals surface area contributed by atoms with Crippen LogP contribution in [0.25, 0.3) is 0 Å². The van der Waals surface area contributed by atoms with E-state index >= 15 is 0 Å². The van der Waals surface area contributed by atoms with Gasteiger partial charge in [0.05, 0.1) is 0 Å². The van der Waals surface area contributed by atoms with Gasteiger partial charge in [0.25, 0.3) is 5.91 Å². The number of carbonyl (C=O) groups excluding carboxylic acids is 2. The van der Waals surface area contributed by atoms with E-state index < -0.39 is 0 Å². The number of aromatic nitrogens is 1. The third-order valence-corrected chi connectivity index (χ3v) is 4.91. The summed E-state index contributed by atoms with van der Waals surface area (Å²) in [5.74, 6) is -0.203. The van der Waals surface area contributed by atoms with Crippen LogP contribution in [0.3, 0.4) is 0 Å². The smallest absolute Gasteiger partial charge is 0.255 e. The molecule has 1 atom stereocenters. The van der Waals surface area contributed by atoms with E-state index in [1.54, 1.807) is 48.8 Å². The lowest BCUT2D eigenvalue weighted by Crippen LogP contribution is -2.37. The largest absolute Gasteiger partial charge is 0.353 e. The molecule has 1 fully saturated rings. The molecule has 0 aliphatic heterocycles. The summed E-state index contributed by atoms with van der Waals surface area (Å²) in [6.07, 6.45) is 9.22. The second-order valence-electron chi connectivity index (χ2n) is 7.03. The molecule has 4 N–H and O–H groups in total. The van der Waals surface area contributed by atoms with E-state index in [-0.39, 0.29) is 30.3 Å². The predicted molar refractivity (Wildman–Crippen MR) is 105 cm³/mol. The normalized spacial score (nSPS) is 15.7. The molecule has 1 aliphatic rings. The van der Waals surface area contributed by atoms with E-state index in [0.29, 0.717) is 11.3 Å². The van der Waals surface area contributed by atoms with Crippen molar-refractivity contribution in [3.05, 3.63) is 59.9 Å². The van der Waals surface area contributed by atoms with E-state index in [4.69, 9.17) is 5.73 Å². The molecule has 142 valence electrons. The van der Waals surface area contributed by atoms with Crippen molar-refractivity contribution in [1.29, 1.82) is 0 Å². The van der Waals surface area contributed by atoms with E-state index in [1.807, 2.05) is 0 Å². The fourth-order valence-corrected chi connectivity index (χ4v) is 3.37. The van der Waals surface area contributed by atoms with Gasteiger partial charge in [-0.05, 0) is 42.7 Å². The minimum absolute atomic E-state index is 0.00564. The fourth-order valence-electron chi connectivity index (χ4n) is 3.37. The minimum Gasteiger partial charge on any atom is -0.353 e. The maximum absolute atomic E-state index is 12.3. The van der Waals surface area contributed by atoms with E-state index in [1.165, 1.54) is 19.3 Å². The van der Waals surface area contributed by atoms with Crippen LogP contribution in [0.15, 0.2) is 48.8 Å². The third-order valence-electron chi connectivity index (χ3n) is 4.91. The maximum atomic E-state index is 12.3. The maximum Gasteiger partial charge on any atom is 0.255 e. The number of carbonyl (C=O) groups is 2. The number of nitrogens with one attached hydrogen (secondary N) is 2. The molecular weight excluding hydrogens is 340 g/mol. The van der Waals surface area contributed by atoms with E-state index in [2.05, 4.69) is 15.6 Å². The number of rotatable bonds is 6. The van der Waals surface area contributed by atoms with E-state index in [0.717, 1.165) is 18.4 Å². The average Bonchev–Trinajstić information content (AvgIpc) is 2.69. The first kappa shape index (κ1) is 19.0. The molecule has 0 saturated heterocycles. The van der Waals surface area contributed by atoms with Crippen molar-refractivity contribution in [3.8, 4) is 0 Å². The van der Waals surface area contributed by atoms with Crippen molar-refractivity contribution in [2.24, 2.45) is 5.73 Å². The SMILES string of the molecule is NC(CC(=O)NC1CCCCC1)c1ccc(C(=O)Nc2ccncc2)cc1. The molecule has 0 spiro atoms. The zero-order chi connectivity index (χ0) is 19.1. The van der Waals surface area contributed by atoms with Crippen molar-refractivity contribution in [2.45, 2.75) is 50.6 Å². The molecule has 0 bridgehead atoms. The zero-order valence-electron chi connectivity index (χ0n) is 15.4. The molecule has 27 heavy (non-hydrogen) atoms. The Bertz CT molecular complexity index is 756. The van der Waals surface area contributed by atoms with Gasteiger partial charge in [-0.3, -0.25) is 14.6 Å². The minimum atomic E-state index is -0.383. The number of hydrogen-bond acceptors (Lipinski definition) is 4. The van der Waals surface area contributed by atoms with Gasteiger partial charge < -0.3 is 16.4 Å². The first-order chi connectivity index (χ1) is 13.1. The molecule has 3 rings (SSSR count). The molecule has 6 heteroatoms. The quantitative estimate of drug-likeness (QED) is 0.731. The van der Waals surface area contributed by atoms with Crippen molar-refractivity contribution < 1.29 is 9.59 Å². The van der Waals surface area contributed by atoms with Crippen LogP contribution < -0.4 is 16.4 Å². The fraction of sp³-hybridized carbons (Fsp3) is 0.381. The zero-order valence-corrected chi connectivity index (χ0v) is 15.4. The highest BCUT2D eigenvalue weighted by Gasteiger charge is 2.18. The summed E-state index contributed by atoms with van der Waals surface area (Å²) in [5.41, 5.74) is 8.25. The topological polar surface area (TPSA) is 97.1 Å². The summed E-state index contributed by atoms with van der Waals surface area (Å²) in [6, 6.07) is 10.4. The molecule has 1 aromatic heterocycles. The number of anilines is 1. The molecule has 1 heterocycles. The Kier molecular flexibility index (Phi) is 6.54. The van der Waals surface area contributed by atoms with Gasteiger partial charge in [0.2, 0.25) is 5.91 Å². The number of pyridine rings is 1. The molecule has 2 amide bonds. The molecule has 2 aromatic rings. The van der Waals surface area contributed by atoms with Crippen molar-refractivity contribution >= 4 is 17.5 Å². The van der Waals surface area contributed by atoms with Gasteiger partial charge in [0.15, 0.2) is 0 Å². The molecule has 1 aliphatic carbocycles. The van der Waals surface area contributed by atoms with Gasteiger partial charge in [-0.1, -0.05) is 31.4 Å². The van der Waals surface area contributed by atoms with Gasteiger partial charge in [-0.2, -0.15) is 0 Å². The van der Waals surface area contributed by atoms with Crippen LogP contribution in [0.1, 0.15) is 60.5 Å². The monoisotopic (exact) mass is 366 g/mol. The van der Waals surface area contributed by atoms with Crippen LogP contribution in [0, 0.1) is 0 Å². The Morgan fingerprint density at radius 2 is 1.70 bits per heavy atom. The number of benzene rings is 1. The van der Waals surface area contributed by atoms with Gasteiger partial charge in [-0.15, -0.1) is 0 Å². The first-order valence-electron chi connectivity index (χ1n) is 9.48. The summed E-state index contributed by atoms with van der Waals surface area (Å²) < 4.78 is 0. The summed E-state index contributed by atoms with van der Waals surface area (Å²) in [4.78, 5) is 28.4. The van der Waals surface area contributed by atoms with Crippen molar-refractivity contribution in [1.82, 2.24) is 10.3 Å². The lowest BCUT2D eigenvalue weighted by atomic mass is 9.95. The Balaban J connectivity index is 1.52. The Hall–Kier alpha value is -2.73. The predicted octanol–water partition coefficient (Wildman–Crippen LogP) is 3.17. The van der Waals surface area contributed by atoms with Crippen LogP contribution in [0.4, 0.5) is 5.69 Å². The summed E-state index contributed by atoms with van der Waals surface area (Å²) in [6.45, 7) is 0. The molecule has 6 nitrogen and oxygen atoms in total. The highest BCUT2D eigenvalue weighted by atomic mass is 16.2. The van der Waals surface area contributed by atoms with Gasteiger partial charge >= 0.3 is 0 Å². The first-order valence-corrected chi connectivity index (χ1v) is 9.48. The molecule has 1 saturated carbocycles. The van der Waals surface area contributed by atoms with Crippen LogP contribution >= 0.6 is 0 Å². The van der Waals surface area contributed by atoms with Gasteiger partial charge in [0.1, 0.15) is 0 Å². The average molecular weight is 366 g/mol. The molecule has 1 unspecified atom stereocenters. The second-order valence-corrected chi connectivity index (χ2v) is 7.03. The Morgan fingerprint density at radius 1 is 1.04 bits per heavy atom.